The molecular weight excluding hydrogens is 286 g/mol. The molecule has 21 heavy (non-hydrogen) atoms. The van der Waals surface area contributed by atoms with Gasteiger partial charge in [0.2, 0.25) is 0 Å². The number of halogens is 1. The van der Waals surface area contributed by atoms with Crippen molar-refractivity contribution in [2.24, 2.45) is 0 Å². The molecule has 0 saturated carbocycles. The summed E-state index contributed by atoms with van der Waals surface area (Å²) >= 11 is 6.29. The molecule has 3 rings (SSSR count). The number of ether oxygens (including phenoxy) is 1. The first-order chi connectivity index (χ1) is 10.0. The monoisotopic (exact) mass is 307 g/mol. The van der Waals surface area contributed by atoms with E-state index in [1.807, 2.05) is 38.1 Å². The van der Waals surface area contributed by atoms with Gasteiger partial charge in [0.15, 0.2) is 0 Å². The van der Waals surface area contributed by atoms with Crippen LogP contribution >= 0.6 is 11.6 Å². The third-order valence-corrected chi connectivity index (χ3v) is 4.72. The molecule has 2 heterocycles. The van der Waals surface area contributed by atoms with Crippen LogP contribution in [-0.4, -0.2) is 34.4 Å². The van der Waals surface area contributed by atoms with Crippen LogP contribution in [0.15, 0.2) is 24.3 Å². The fraction of sp³-hybridized carbons (Fsp3) is 0.588. The third-order valence-electron chi connectivity index (χ3n) is 4.36. The number of fused-ring (bicyclic) bond motifs is 2. The SMILES string of the molecule is CC(C)Oc1cccc(C(=O)N2C3CCC2CC(Cl)C3)c1. The number of carbonyl (C=O) groups excluding carboxylic acids is 1. The van der Waals surface area contributed by atoms with Crippen molar-refractivity contribution >= 4 is 17.5 Å². The molecule has 114 valence electrons. The lowest BCUT2D eigenvalue weighted by Gasteiger charge is -2.37. The number of carbonyl (C=O) groups is 1. The largest absolute Gasteiger partial charge is 0.491 e. The molecular formula is C17H22ClNO2. The molecule has 1 aromatic carbocycles. The Morgan fingerprint density at radius 3 is 2.57 bits per heavy atom. The lowest BCUT2D eigenvalue weighted by Crippen LogP contribution is -2.46. The van der Waals surface area contributed by atoms with E-state index in [9.17, 15) is 4.79 Å². The number of rotatable bonds is 3. The van der Waals surface area contributed by atoms with E-state index >= 15 is 0 Å². The number of hydrogen-bond acceptors (Lipinski definition) is 2. The molecule has 1 amide bonds. The highest BCUT2D eigenvalue weighted by atomic mass is 35.5. The quantitative estimate of drug-likeness (QED) is 0.794. The minimum absolute atomic E-state index is 0.110. The lowest BCUT2D eigenvalue weighted by molar-refractivity contribution is 0.0599. The Labute approximate surface area is 131 Å². The highest BCUT2D eigenvalue weighted by Gasteiger charge is 2.42. The van der Waals surface area contributed by atoms with E-state index in [0.717, 1.165) is 37.0 Å². The van der Waals surface area contributed by atoms with Gasteiger partial charge in [-0.25, -0.2) is 0 Å². The van der Waals surface area contributed by atoms with Crippen LogP contribution in [0.25, 0.3) is 0 Å². The van der Waals surface area contributed by atoms with Crippen molar-refractivity contribution in [1.82, 2.24) is 4.90 Å². The van der Waals surface area contributed by atoms with Gasteiger partial charge >= 0.3 is 0 Å². The molecule has 0 radical (unpaired) electrons. The fourth-order valence-corrected chi connectivity index (χ4v) is 3.98. The normalized spacial score (nSPS) is 28.0. The fourth-order valence-electron chi connectivity index (χ4n) is 3.57. The van der Waals surface area contributed by atoms with E-state index < -0.39 is 0 Å². The molecule has 2 atom stereocenters. The number of hydrogen-bond donors (Lipinski definition) is 0. The van der Waals surface area contributed by atoms with E-state index in [1.165, 1.54) is 0 Å². The second kappa shape index (κ2) is 5.88. The van der Waals surface area contributed by atoms with Crippen molar-refractivity contribution in [2.75, 3.05) is 0 Å². The van der Waals surface area contributed by atoms with Crippen LogP contribution < -0.4 is 4.74 Å². The van der Waals surface area contributed by atoms with Gasteiger partial charge in [-0.3, -0.25) is 4.79 Å². The van der Waals surface area contributed by atoms with Gasteiger partial charge in [-0.15, -0.1) is 11.6 Å². The van der Waals surface area contributed by atoms with Gasteiger partial charge in [-0.1, -0.05) is 6.07 Å². The van der Waals surface area contributed by atoms with Gasteiger partial charge < -0.3 is 9.64 Å². The molecule has 2 aliphatic heterocycles. The molecule has 3 nitrogen and oxygen atoms in total. The molecule has 2 fully saturated rings. The summed E-state index contributed by atoms with van der Waals surface area (Å²) in [4.78, 5) is 14.9. The van der Waals surface area contributed by atoms with Crippen LogP contribution in [0.2, 0.25) is 0 Å². The predicted molar refractivity (Wildman–Crippen MR) is 84.1 cm³/mol. The smallest absolute Gasteiger partial charge is 0.254 e. The molecule has 2 unspecified atom stereocenters. The van der Waals surface area contributed by atoms with E-state index in [4.69, 9.17) is 16.3 Å². The van der Waals surface area contributed by atoms with Crippen molar-refractivity contribution in [3.05, 3.63) is 29.8 Å². The van der Waals surface area contributed by atoms with Crippen LogP contribution in [0.3, 0.4) is 0 Å². The van der Waals surface area contributed by atoms with Gasteiger partial charge in [0.05, 0.1) is 6.10 Å². The van der Waals surface area contributed by atoms with E-state index in [2.05, 4.69) is 4.90 Å². The van der Waals surface area contributed by atoms with Crippen LogP contribution in [0, 0.1) is 0 Å². The molecule has 4 heteroatoms. The molecule has 0 aliphatic carbocycles. The van der Waals surface area contributed by atoms with E-state index in [0.29, 0.717) is 12.1 Å². The number of piperidine rings is 1. The summed E-state index contributed by atoms with van der Waals surface area (Å²) < 4.78 is 5.69. The molecule has 1 aromatic rings. The number of alkyl halides is 1. The van der Waals surface area contributed by atoms with Gasteiger partial charge in [-0.2, -0.15) is 0 Å². The van der Waals surface area contributed by atoms with Gasteiger partial charge in [0.25, 0.3) is 5.91 Å². The van der Waals surface area contributed by atoms with Crippen LogP contribution in [-0.2, 0) is 0 Å². The second-order valence-corrected chi connectivity index (χ2v) is 6.98. The summed E-state index contributed by atoms with van der Waals surface area (Å²) in [6.07, 6.45) is 4.13. The first-order valence-corrected chi connectivity index (χ1v) is 8.21. The van der Waals surface area contributed by atoms with Crippen LogP contribution in [0.5, 0.6) is 5.75 Å². The molecule has 2 saturated heterocycles. The number of benzene rings is 1. The van der Waals surface area contributed by atoms with Crippen molar-refractivity contribution < 1.29 is 9.53 Å². The molecule has 2 bridgehead atoms. The first-order valence-electron chi connectivity index (χ1n) is 7.78. The maximum atomic E-state index is 12.8. The minimum Gasteiger partial charge on any atom is -0.491 e. The van der Waals surface area contributed by atoms with Gasteiger partial charge in [0, 0.05) is 23.0 Å². The third kappa shape index (κ3) is 3.03. The van der Waals surface area contributed by atoms with Crippen molar-refractivity contribution in [3.63, 3.8) is 0 Å². The zero-order valence-electron chi connectivity index (χ0n) is 12.6. The topological polar surface area (TPSA) is 29.5 Å². The Bertz CT molecular complexity index is 517. The highest BCUT2D eigenvalue weighted by Crippen LogP contribution is 2.38. The molecule has 2 aliphatic rings. The molecule has 0 N–H and O–H groups in total. The Morgan fingerprint density at radius 1 is 1.29 bits per heavy atom. The lowest BCUT2D eigenvalue weighted by atomic mass is 10.0. The average molecular weight is 308 g/mol. The van der Waals surface area contributed by atoms with Crippen LogP contribution in [0.1, 0.15) is 49.9 Å². The highest BCUT2D eigenvalue weighted by molar-refractivity contribution is 6.20. The standard InChI is InChI=1S/C17H22ClNO2/c1-11(2)21-16-5-3-4-12(8-16)17(20)19-14-6-7-15(19)10-13(18)9-14/h3-5,8,11,13-15H,6-7,9-10H2,1-2H3. The molecule has 0 aromatic heterocycles. The zero-order valence-corrected chi connectivity index (χ0v) is 13.3. The maximum Gasteiger partial charge on any atom is 0.254 e. The van der Waals surface area contributed by atoms with Gasteiger partial charge in [-0.05, 0) is 57.7 Å². The molecule has 0 spiro atoms. The second-order valence-electron chi connectivity index (χ2n) is 6.36. The summed E-state index contributed by atoms with van der Waals surface area (Å²) in [6, 6.07) is 8.15. The average Bonchev–Trinajstić information content (AvgIpc) is 2.69. The Balaban J connectivity index is 1.79. The van der Waals surface area contributed by atoms with Crippen LogP contribution in [0.4, 0.5) is 0 Å². The number of amides is 1. The summed E-state index contributed by atoms with van der Waals surface area (Å²) in [7, 11) is 0. The van der Waals surface area contributed by atoms with Gasteiger partial charge in [0.1, 0.15) is 5.75 Å². The summed E-state index contributed by atoms with van der Waals surface area (Å²) in [5, 5.41) is 0.224. The Kier molecular flexibility index (Phi) is 4.12. The van der Waals surface area contributed by atoms with Crippen molar-refractivity contribution in [2.45, 2.75) is 63.1 Å². The minimum atomic E-state index is 0.110. The summed E-state index contributed by atoms with van der Waals surface area (Å²) in [5.74, 6) is 0.885. The Hall–Kier alpha value is -1.22. The Morgan fingerprint density at radius 2 is 1.95 bits per heavy atom. The predicted octanol–water partition coefficient (Wildman–Crippen LogP) is 3.85. The zero-order chi connectivity index (χ0) is 15.0. The first kappa shape index (κ1) is 14.7. The van der Waals surface area contributed by atoms with Crippen molar-refractivity contribution in [1.29, 1.82) is 0 Å². The summed E-state index contributed by atoms with van der Waals surface area (Å²) in [6.45, 7) is 3.97. The van der Waals surface area contributed by atoms with Crippen molar-refractivity contribution in [3.8, 4) is 5.75 Å². The van der Waals surface area contributed by atoms with E-state index in [1.54, 1.807) is 0 Å². The number of nitrogens with zero attached hydrogens (tertiary/aromatic N) is 1. The summed E-state index contributed by atoms with van der Waals surface area (Å²) in [5.41, 5.74) is 0.720. The maximum absolute atomic E-state index is 12.8. The van der Waals surface area contributed by atoms with E-state index in [-0.39, 0.29) is 17.4 Å².